The summed E-state index contributed by atoms with van der Waals surface area (Å²) in [4.78, 5) is 23.4. The largest absolute Gasteiger partial charge is 0.273 e. The van der Waals surface area contributed by atoms with Crippen LogP contribution in [0.1, 0.15) is 105 Å². The Morgan fingerprint density at radius 3 is 1.35 bits per heavy atom. The molecule has 6 nitrogen and oxygen atoms in total. The summed E-state index contributed by atoms with van der Waals surface area (Å²) in [5.74, 6) is -0.0639. The van der Waals surface area contributed by atoms with Crippen LogP contribution < -0.4 is 10.9 Å². The highest BCUT2D eigenvalue weighted by molar-refractivity contribution is 5.84. The van der Waals surface area contributed by atoms with Gasteiger partial charge in [0.2, 0.25) is 11.8 Å². The van der Waals surface area contributed by atoms with Crippen LogP contribution in [0.4, 0.5) is 0 Å². The van der Waals surface area contributed by atoms with Crippen molar-refractivity contribution in [2.75, 3.05) is 0 Å². The van der Waals surface area contributed by atoms with E-state index in [9.17, 15) is 9.59 Å². The molecule has 0 rings (SSSR count). The highest BCUT2D eigenvalue weighted by atomic mass is 16.2. The zero-order valence-electron chi connectivity index (χ0n) is 17.2. The average Bonchev–Trinajstić information content (AvgIpc) is 2.63. The summed E-state index contributed by atoms with van der Waals surface area (Å²) in [6.07, 6.45) is 10.8. The minimum atomic E-state index is -0.0320. The molecule has 0 aliphatic rings. The molecule has 0 aromatic heterocycles. The Hall–Kier alpha value is -1.72. The van der Waals surface area contributed by atoms with E-state index in [1.807, 2.05) is 13.8 Å². The highest BCUT2D eigenvalue weighted by Crippen LogP contribution is 2.06. The molecule has 0 heterocycles. The third-order valence-corrected chi connectivity index (χ3v) is 4.08. The molecule has 0 spiro atoms. The molecule has 0 aromatic carbocycles. The summed E-state index contributed by atoms with van der Waals surface area (Å²) in [5, 5.41) is 8.21. The number of nitrogens with one attached hydrogen (secondary N) is 2. The number of nitrogens with zero attached hydrogens (tertiary/aromatic N) is 2. The molecular formula is C20H38N4O2. The molecule has 0 unspecified atom stereocenters. The van der Waals surface area contributed by atoms with Crippen LogP contribution in [0.5, 0.6) is 0 Å². The van der Waals surface area contributed by atoms with Crippen LogP contribution in [0.15, 0.2) is 10.2 Å². The standard InChI is InChI=1S/C20H38N4O2/c1-5-7-13-17(3)21-23-19(25)15-11-9-10-12-16-20(26)24-22-18(4)14-8-6-2/h5-16H2,1-4H3,(H,23,25)(H,24,26). The summed E-state index contributed by atoms with van der Waals surface area (Å²) in [7, 11) is 0. The van der Waals surface area contributed by atoms with Gasteiger partial charge in [0.25, 0.3) is 0 Å². The Balaban J connectivity index is 3.65. The van der Waals surface area contributed by atoms with Gasteiger partial charge in [-0.1, -0.05) is 39.5 Å². The van der Waals surface area contributed by atoms with Gasteiger partial charge in [0.05, 0.1) is 0 Å². The van der Waals surface area contributed by atoms with Gasteiger partial charge in [-0.15, -0.1) is 0 Å². The van der Waals surface area contributed by atoms with Gasteiger partial charge >= 0.3 is 0 Å². The van der Waals surface area contributed by atoms with E-state index in [4.69, 9.17) is 0 Å². The van der Waals surface area contributed by atoms with Gasteiger partial charge in [0, 0.05) is 24.3 Å². The molecule has 0 aliphatic carbocycles. The van der Waals surface area contributed by atoms with Crippen LogP contribution in [0.25, 0.3) is 0 Å². The Labute approximate surface area is 159 Å². The summed E-state index contributed by atoms with van der Waals surface area (Å²) in [5.41, 5.74) is 7.17. The smallest absolute Gasteiger partial charge is 0.240 e. The molecule has 0 bridgehead atoms. The lowest BCUT2D eigenvalue weighted by atomic mass is 10.1. The fourth-order valence-electron chi connectivity index (χ4n) is 2.33. The van der Waals surface area contributed by atoms with Gasteiger partial charge in [-0.2, -0.15) is 10.2 Å². The Bertz CT molecular complexity index is 417. The summed E-state index contributed by atoms with van der Waals surface area (Å²) in [6, 6.07) is 0. The van der Waals surface area contributed by atoms with Crippen LogP contribution >= 0.6 is 0 Å². The maximum atomic E-state index is 11.7. The quantitative estimate of drug-likeness (QED) is 0.250. The van der Waals surface area contributed by atoms with Crippen molar-refractivity contribution in [3.63, 3.8) is 0 Å². The van der Waals surface area contributed by atoms with Crippen LogP contribution in [0.2, 0.25) is 0 Å². The van der Waals surface area contributed by atoms with Crippen molar-refractivity contribution >= 4 is 23.2 Å². The molecule has 0 aliphatic heterocycles. The van der Waals surface area contributed by atoms with E-state index in [0.717, 1.165) is 75.6 Å². The first-order valence-corrected chi connectivity index (χ1v) is 10.1. The first-order valence-electron chi connectivity index (χ1n) is 10.1. The van der Waals surface area contributed by atoms with Crippen molar-refractivity contribution in [2.45, 2.75) is 105 Å². The Morgan fingerprint density at radius 1 is 0.615 bits per heavy atom. The van der Waals surface area contributed by atoms with E-state index in [0.29, 0.717) is 12.8 Å². The number of rotatable bonds is 15. The number of unbranched alkanes of at least 4 members (excludes halogenated alkanes) is 5. The monoisotopic (exact) mass is 366 g/mol. The first-order chi connectivity index (χ1) is 12.5. The fraction of sp³-hybridized carbons (Fsp3) is 0.800. The van der Waals surface area contributed by atoms with Gasteiger partial charge in [-0.05, 0) is 52.4 Å². The summed E-state index contributed by atoms with van der Waals surface area (Å²) >= 11 is 0. The lowest BCUT2D eigenvalue weighted by molar-refractivity contribution is -0.122. The Kier molecular flexibility index (Phi) is 15.6. The number of carbonyl (C=O) groups excluding carboxylic acids is 2. The van der Waals surface area contributed by atoms with Crippen molar-refractivity contribution in [3.05, 3.63) is 0 Å². The molecule has 0 fully saturated rings. The van der Waals surface area contributed by atoms with E-state index >= 15 is 0 Å². The van der Waals surface area contributed by atoms with Crippen molar-refractivity contribution in [1.29, 1.82) is 0 Å². The van der Waals surface area contributed by atoms with Gasteiger partial charge in [0.15, 0.2) is 0 Å². The van der Waals surface area contributed by atoms with Crippen LogP contribution in [0.3, 0.4) is 0 Å². The predicted molar refractivity (Wildman–Crippen MR) is 109 cm³/mol. The van der Waals surface area contributed by atoms with Gasteiger partial charge in [-0.3, -0.25) is 9.59 Å². The summed E-state index contributed by atoms with van der Waals surface area (Å²) in [6.45, 7) is 8.15. The second-order valence-electron chi connectivity index (χ2n) is 6.89. The lowest BCUT2D eigenvalue weighted by Crippen LogP contribution is -2.19. The van der Waals surface area contributed by atoms with Gasteiger partial charge in [0.1, 0.15) is 0 Å². The molecule has 0 saturated carbocycles. The molecule has 26 heavy (non-hydrogen) atoms. The van der Waals surface area contributed by atoms with Crippen molar-refractivity contribution in [2.24, 2.45) is 10.2 Å². The topological polar surface area (TPSA) is 82.9 Å². The molecular weight excluding hydrogens is 328 g/mol. The average molecular weight is 367 g/mol. The fourth-order valence-corrected chi connectivity index (χ4v) is 2.33. The maximum Gasteiger partial charge on any atom is 0.240 e. The van der Waals surface area contributed by atoms with E-state index in [2.05, 4.69) is 34.9 Å². The van der Waals surface area contributed by atoms with Gasteiger partial charge in [-0.25, -0.2) is 10.9 Å². The third kappa shape index (κ3) is 15.8. The number of amides is 2. The molecule has 2 N–H and O–H groups in total. The maximum absolute atomic E-state index is 11.7. The first kappa shape index (κ1) is 24.3. The molecule has 6 heteroatoms. The number of carbonyl (C=O) groups is 2. The molecule has 0 aromatic rings. The van der Waals surface area contributed by atoms with Crippen LogP contribution in [-0.2, 0) is 9.59 Å². The molecule has 0 radical (unpaired) electrons. The highest BCUT2D eigenvalue weighted by Gasteiger charge is 2.03. The zero-order valence-corrected chi connectivity index (χ0v) is 17.2. The van der Waals surface area contributed by atoms with E-state index in [1.165, 1.54) is 0 Å². The van der Waals surface area contributed by atoms with E-state index in [-0.39, 0.29) is 11.8 Å². The predicted octanol–water partition coefficient (Wildman–Crippen LogP) is 4.69. The zero-order chi connectivity index (χ0) is 19.6. The van der Waals surface area contributed by atoms with Crippen molar-refractivity contribution in [3.8, 4) is 0 Å². The lowest BCUT2D eigenvalue weighted by Gasteiger charge is -2.04. The SMILES string of the molecule is CCCCC(C)=NNC(=O)CCCCCCC(=O)NN=C(C)CCCC. The normalized spacial score (nSPS) is 12.2. The second kappa shape index (κ2) is 16.7. The molecule has 0 saturated heterocycles. The Morgan fingerprint density at radius 2 is 1.00 bits per heavy atom. The van der Waals surface area contributed by atoms with Crippen molar-refractivity contribution < 1.29 is 9.59 Å². The number of hydrogen-bond donors (Lipinski definition) is 2. The summed E-state index contributed by atoms with van der Waals surface area (Å²) < 4.78 is 0. The minimum absolute atomic E-state index is 0.0320. The number of hydrogen-bond acceptors (Lipinski definition) is 4. The third-order valence-electron chi connectivity index (χ3n) is 4.08. The molecule has 150 valence electrons. The number of hydrazone groups is 2. The van der Waals surface area contributed by atoms with Crippen LogP contribution in [-0.4, -0.2) is 23.2 Å². The second-order valence-corrected chi connectivity index (χ2v) is 6.89. The minimum Gasteiger partial charge on any atom is -0.273 e. The van der Waals surface area contributed by atoms with E-state index in [1.54, 1.807) is 0 Å². The van der Waals surface area contributed by atoms with Crippen LogP contribution in [0, 0.1) is 0 Å². The van der Waals surface area contributed by atoms with E-state index < -0.39 is 0 Å². The molecule has 0 atom stereocenters. The van der Waals surface area contributed by atoms with Crippen molar-refractivity contribution in [1.82, 2.24) is 10.9 Å². The molecule has 2 amide bonds. The van der Waals surface area contributed by atoms with Gasteiger partial charge < -0.3 is 0 Å².